The highest BCUT2D eigenvalue weighted by Crippen LogP contribution is 2.33. The molecule has 2 amide bonds. The SMILES string of the molecule is C[C@@H]1CCCC[C@H]1NC(=O)[C@H]1CC(=O)N(c2cccc(C(F)(F)F)c2)C1. The molecule has 142 valence electrons. The molecule has 4 nitrogen and oxygen atoms in total. The van der Waals surface area contributed by atoms with Crippen LogP contribution in [0.2, 0.25) is 0 Å². The molecule has 3 rings (SSSR count). The van der Waals surface area contributed by atoms with Crippen LogP contribution in [-0.2, 0) is 15.8 Å². The Hall–Kier alpha value is -2.05. The number of benzene rings is 1. The van der Waals surface area contributed by atoms with Crippen molar-refractivity contribution in [3.63, 3.8) is 0 Å². The normalized spacial score (nSPS) is 26.8. The minimum Gasteiger partial charge on any atom is -0.353 e. The molecule has 26 heavy (non-hydrogen) atoms. The number of nitrogens with one attached hydrogen (secondary N) is 1. The van der Waals surface area contributed by atoms with Gasteiger partial charge in [0.15, 0.2) is 0 Å². The molecular weight excluding hydrogens is 345 g/mol. The Morgan fingerprint density at radius 3 is 2.65 bits per heavy atom. The lowest BCUT2D eigenvalue weighted by molar-refractivity contribution is -0.137. The third-order valence-corrected chi connectivity index (χ3v) is 5.42. The van der Waals surface area contributed by atoms with Crippen LogP contribution >= 0.6 is 0 Å². The number of carbonyl (C=O) groups excluding carboxylic acids is 2. The minimum absolute atomic E-state index is 0.0309. The van der Waals surface area contributed by atoms with Crippen LogP contribution in [0.5, 0.6) is 0 Å². The summed E-state index contributed by atoms with van der Waals surface area (Å²) in [5.41, 5.74) is -0.613. The van der Waals surface area contributed by atoms with Gasteiger partial charge in [0.2, 0.25) is 11.8 Å². The smallest absolute Gasteiger partial charge is 0.353 e. The van der Waals surface area contributed by atoms with Crippen LogP contribution in [0.25, 0.3) is 0 Å². The summed E-state index contributed by atoms with van der Waals surface area (Å²) in [7, 11) is 0. The van der Waals surface area contributed by atoms with Gasteiger partial charge in [-0.1, -0.05) is 25.8 Å². The van der Waals surface area contributed by atoms with Crippen molar-refractivity contribution in [3.8, 4) is 0 Å². The summed E-state index contributed by atoms with van der Waals surface area (Å²) in [5, 5.41) is 3.04. The highest BCUT2D eigenvalue weighted by Gasteiger charge is 2.38. The van der Waals surface area contributed by atoms with Gasteiger partial charge in [-0.3, -0.25) is 9.59 Å². The van der Waals surface area contributed by atoms with E-state index in [0.717, 1.165) is 31.4 Å². The highest BCUT2D eigenvalue weighted by molar-refractivity contribution is 6.00. The van der Waals surface area contributed by atoms with Gasteiger partial charge in [-0.15, -0.1) is 0 Å². The second-order valence-electron chi connectivity index (χ2n) is 7.33. The topological polar surface area (TPSA) is 49.4 Å². The fourth-order valence-electron chi connectivity index (χ4n) is 3.81. The second-order valence-corrected chi connectivity index (χ2v) is 7.33. The van der Waals surface area contributed by atoms with Crippen molar-refractivity contribution in [2.75, 3.05) is 11.4 Å². The first-order chi connectivity index (χ1) is 12.3. The molecule has 1 saturated heterocycles. The van der Waals surface area contributed by atoms with Crippen LogP contribution in [0.15, 0.2) is 24.3 Å². The number of alkyl halides is 3. The number of rotatable bonds is 3. The quantitative estimate of drug-likeness (QED) is 0.883. The molecule has 2 aliphatic rings. The lowest BCUT2D eigenvalue weighted by Crippen LogP contribution is -2.44. The van der Waals surface area contributed by atoms with Crippen molar-refractivity contribution in [2.45, 2.75) is 51.2 Å². The first-order valence-electron chi connectivity index (χ1n) is 9.03. The molecule has 0 spiro atoms. The maximum Gasteiger partial charge on any atom is 0.416 e. The van der Waals surface area contributed by atoms with Gasteiger partial charge >= 0.3 is 6.18 Å². The third-order valence-electron chi connectivity index (χ3n) is 5.42. The molecular formula is C19H23F3N2O2. The molecule has 1 N–H and O–H groups in total. The van der Waals surface area contributed by atoms with Crippen LogP contribution in [0.4, 0.5) is 18.9 Å². The van der Waals surface area contributed by atoms with Crippen molar-refractivity contribution in [2.24, 2.45) is 11.8 Å². The second kappa shape index (κ2) is 7.29. The standard InChI is InChI=1S/C19H23F3N2O2/c1-12-5-2-3-8-16(12)23-18(26)13-9-17(25)24(11-13)15-7-4-6-14(10-15)19(20,21)22/h4,6-7,10,12-13,16H,2-3,5,8-9,11H2,1H3,(H,23,26)/t12-,13+,16-/m1/s1. The molecule has 1 aromatic rings. The molecule has 1 aliphatic heterocycles. The molecule has 1 heterocycles. The minimum atomic E-state index is -4.47. The molecule has 1 aliphatic carbocycles. The van der Waals surface area contributed by atoms with Crippen LogP contribution in [-0.4, -0.2) is 24.4 Å². The number of hydrogen-bond donors (Lipinski definition) is 1. The Kier molecular flexibility index (Phi) is 5.25. The summed E-state index contributed by atoms with van der Waals surface area (Å²) < 4.78 is 38.7. The van der Waals surface area contributed by atoms with E-state index in [1.165, 1.54) is 23.5 Å². The molecule has 0 aromatic heterocycles. The predicted octanol–water partition coefficient (Wildman–Crippen LogP) is 3.75. The number of amides is 2. The summed E-state index contributed by atoms with van der Waals surface area (Å²) in [5.74, 6) is -0.608. The summed E-state index contributed by atoms with van der Waals surface area (Å²) in [6.45, 7) is 2.23. The maximum absolute atomic E-state index is 12.9. The van der Waals surface area contributed by atoms with E-state index in [9.17, 15) is 22.8 Å². The van der Waals surface area contributed by atoms with Gasteiger partial charge in [0.25, 0.3) is 0 Å². The van der Waals surface area contributed by atoms with E-state index in [1.54, 1.807) is 0 Å². The summed E-state index contributed by atoms with van der Waals surface area (Å²) >= 11 is 0. The fraction of sp³-hybridized carbons (Fsp3) is 0.579. The zero-order valence-corrected chi connectivity index (χ0v) is 14.7. The Balaban J connectivity index is 1.68. The molecule has 3 atom stereocenters. The van der Waals surface area contributed by atoms with E-state index in [4.69, 9.17) is 0 Å². The molecule has 0 radical (unpaired) electrons. The molecule has 7 heteroatoms. The van der Waals surface area contributed by atoms with Crippen LogP contribution in [0.1, 0.15) is 44.6 Å². The lowest BCUT2D eigenvalue weighted by Gasteiger charge is -2.30. The first-order valence-corrected chi connectivity index (χ1v) is 9.03. The van der Waals surface area contributed by atoms with E-state index in [2.05, 4.69) is 12.2 Å². The number of carbonyl (C=O) groups is 2. The van der Waals surface area contributed by atoms with E-state index in [1.807, 2.05) is 0 Å². The Labute approximate surface area is 150 Å². The zero-order valence-electron chi connectivity index (χ0n) is 14.7. The molecule has 1 aromatic carbocycles. The van der Waals surface area contributed by atoms with Gasteiger partial charge in [-0.2, -0.15) is 13.2 Å². The van der Waals surface area contributed by atoms with Gasteiger partial charge in [0.1, 0.15) is 0 Å². The van der Waals surface area contributed by atoms with Crippen LogP contribution < -0.4 is 10.2 Å². The average Bonchev–Trinajstić information content (AvgIpc) is 2.98. The van der Waals surface area contributed by atoms with Crippen molar-refractivity contribution < 1.29 is 22.8 Å². The Bertz CT molecular complexity index is 690. The number of anilines is 1. The van der Waals surface area contributed by atoms with Crippen LogP contribution in [0, 0.1) is 11.8 Å². The summed E-state index contributed by atoms with van der Waals surface area (Å²) in [6.07, 6.45) is -0.181. The largest absolute Gasteiger partial charge is 0.416 e. The lowest BCUT2D eigenvalue weighted by atomic mass is 9.85. The number of hydrogen-bond acceptors (Lipinski definition) is 2. The fourth-order valence-corrected chi connectivity index (χ4v) is 3.81. The average molecular weight is 368 g/mol. The van der Waals surface area contributed by atoms with Gasteiger partial charge in [0, 0.05) is 24.7 Å². The highest BCUT2D eigenvalue weighted by atomic mass is 19.4. The van der Waals surface area contributed by atoms with Crippen molar-refractivity contribution in [3.05, 3.63) is 29.8 Å². The monoisotopic (exact) mass is 368 g/mol. The van der Waals surface area contributed by atoms with Crippen molar-refractivity contribution in [1.82, 2.24) is 5.32 Å². The maximum atomic E-state index is 12.9. The molecule has 2 fully saturated rings. The molecule has 0 unspecified atom stereocenters. The van der Waals surface area contributed by atoms with Gasteiger partial charge in [0.05, 0.1) is 11.5 Å². The Morgan fingerprint density at radius 1 is 1.23 bits per heavy atom. The van der Waals surface area contributed by atoms with Gasteiger partial charge in [-0.05, 0) is 37.0 Å². The molecule has 1 saturated carbocycles. The zero-order chi connectivity index (χ0) is 18.9. The first kappa shape index (κ1) is 18.7. The van der Waals surface area contributed by atoms with Crippen LogP contribution in [0.3, 0.4) is 0 Å². The van der Waals surface area contributed by atoms with Gasteiger partial charge < -0.3 is 10.2 Å². The van der Waals surface area contributed by atoms with Gasteiger partial charge in [-0.25, -0.2) is 0 Å². The summed E-state index contributed by atoms with van der Waals surface area (Å²) in [4.78, 5) is 26.1. The number of halogens is 3. The predicted molar refractivity (Wildman–Crippen MR) is 91.5 cm³/mol. The number of nitrogens with zero attached hydrogens (tertiary/aromatic N) is 1. The molecule has 0 bridgehead atoms. The van der Waals surface area contributed by atoms with Crippen molar-refractivity contribution >= 4 is 17.5 Å². The summed E-state index contributed by atoms with van der Waals surface area (Å²) in [6, 6.07) is 4.80. The van der Waals surface area contributed by atoms with E-state index < -0.39 is 17.7 Å². The van der Waals surface area contributed by atoms with E-state index >= 15 is 0 Å². The van der Waals surface area contributed by atoms with E-state index in [0.29, 0.717) is 5.92 Å². The van der Waals surface area contributed by atoms with Crippen molar-refractivity contribution in [1.29, 1.82) is 0 Å². The third kappa shape index (κ3) is 4.02. The Morgan fingerprint density at radius 2 is 1.96 bits per heavy atom. The van der Waals surface area contributed by atoms with E-state index in [-0.39, 0.29) is 36.5 Å².